The average Bonchev–Trinajstić information content (AvgIpc) is 3.10. The Morgan fingerprint density at radius 3 is 2.42 bits per heavy atom. The molecule has 0 aliphatic heterocycles. The summed E-state index contributed by atoms with van der Waals surface area (Å²) >= 11 is 1.36. The topological polar surface area (TPSA) is 54.4 Å². The minimum absolute atomic E-state index is 0.0667. The first-order chi connectivity index (χ1) is 12.6. The van der Waals surface area contributed by atoms with E-state index in [0.717, 1.165) is 26.4 Å². The monoisotopic (exact) mass is 360 g/mol. The number of ketones is 2. The number of hydrogen-bond acceptors (Lipinski definition) is 4. The van der Waals surface area contributed by atoms with Crippen LogP contribution >= 0.6 is 11.3 Å². The zero-order valence-corrected chi connectivity index (χ0v) is 14.8. The van der Waals surface area contributed by atoms with Crippen LogP contribution in [0.4, 0.5) is 0 Å². The van der Waals surface area contributed by atoms with Crippen molar-refractivity contribution in [2.24, 2.45) is 0 Å². The van der Waals surface area contributed by atoms with Gasteiger partial charge in [0, 0.05) is 16.7 Å². The SMILES string of the molecule is O=C(Cc1ccc2sc(C(=O)CO)cc2c1)c1ccc2ccccc2c1. The van der Waals surface area contributed by atoms with Crippen molar-refractivity contribution in [3.63, 3.8) is 0 Å². The molecule has 0 radical (unpaired) electrons. The van der Waals surface area contributed by atoms with Gasteiger partial charge in [-0.1, -0.05) is 42.5 Å². The average molecular weight is 360 g/mol. The molecular formula is C22H16O3S. The van der Waals surface area contributed by atoms with Crippen molar-refractivity contribution in [3.8, 4) is 0 Å². The fourth-order valence-electron chi connectivity index (χ4n) is 3.07. The summed E-state index contributed by atoms with van der Waals surface area (Å²) in [6, 6.07) is 21.3. The highest BCUT2D eigenvalue weighted by Crippen LogP contribution is 2.27. The Kier molecular flexibility index (Phi) is 4.37. The summed E-state index contributed by atoms with van der Waals surface area (Å²) in [7, 11) is 0. The molecule has 0 fully saturated rings. The summed E-state index contributed by atoms with van der Waals surface area (Å²) < 4.78 is 0.976. The number of aliphatic hydroxyl groups is 1. The second-order valence-electron chi connectivity index (χ2n) is 6.23. The Morgan fingerprint density at radius 2 is 1.62 bits per heavy atom. The second kappa shape index (κ2) is 6.83. The third-order valence-corrected chi connectivity index (χ3v) is 5.59. The minimum atomic E-state index is -0.486. The smallest absolute Gasteiger partial charge is 0.198 e. The summed E-state index contributed by atoms with van der Waals surface area (Å²) in [6.45, 7) is -0.486. The highest BCUT2D eigenvalue weighted by molar-refractivity contribution is 7.20. The molecule has 26 heavy (non-hydrogen) atoms. The van der Waals surface area contributed by atoms with Crippen LogP contribution in [-0.4, -0.2) is 23.3 Å². The predicted octanol–water partition coefficient (Wildman–Crippen LogP) is 4.65. The standard InChI is InChI=1S/C22H16O3S/c23-13-20(25)22-12-18-9-14(5-8-21(18)26-22)10-19(24)17-7-6-15-3-1-2-4-16(15)11-17/h1-9,11-12,23H,10,13H2. The molecule has 0 saturated carbocycles. The third-order valence-electron chi connectivity index (χ3n) is 4.44. The molecule has 1 aromatic heterocycles. The van der Waals surface area contributed by atoms with Gasteiger partial charge in [0.2, 0.25) is 0 Å². The molecule has 4 aromatic rings. The Hall–Kier alpha value is -2.82. The van der Waals surface area contributed by atoms with Crippen molar-refractivity contribution in [2.75, 3.05) is 6.61 Å². The van der Waals surface area contributed by atoms with Crippen LogP contribution in [0.2, 0.25) is 0 Å². The molecule has 0 aliphatic carbocycles. The highest BCUT2D eigenvalue weighted by Gasteiger charge is 2.12. The van der Waals surface area contributed by atoms with E-state index in [9.17, 15) is 9.59 Å². The molecule has 128 valence electrons. The van der Waals surface area contributed by atoms with Crippen molar-refractivity contribution in [2.45, 2.75) is 6.42 Å². The number of carbonyl (C=O) groups is 2. The third kappa shape index (κ3) is 3.17. The van der Waals surface area contributed by atoms with E-state index < -0.39 is 6.61 Å². The maximum atomic E-state index is 12.7. The molecule has 0 amide bonds. The first kappa shape index (κ1) is 16.6. The quantitative estimate of drug-likeness (QED) is 0.527. The van der Waals surface area contributed by atoms with Gasteiger partial charge >= 0.3 is 0 Å². The minimum Gasteiger partial charge on any atom is -0.388 e. The molecule has 1 N–H and O–H groups in total. The van der Waals surface area contributed by atoms with Crippen LogP contribution in [0.1, 0.15) is 25.6 Å². The molecule has 4 heteroatoms. The normalized spacial score (nSPS) is 11.1. The first-order valence-corrected chi connectivity index (χ1v) is 9.14. The fourth-order valence-corrected chi connectivity index (χ4v) is 4.04. The summed E-state index contributed by atoms with van der Waals surface area (Å²) in [4.78, 5) is 24.9. The highest BCUT2D eigenvalue weighted by atomic mass is 32.1. The van der Waals surface area contributed by atoms with Crippen molar-refractivity contribution >= 4 is 43.8 Å². The van der Waals surface area contributed by atoms with Crippen LogP contribution in [0.25, 0.3) is 20.9 Å². The number of fused-ring (bicyclic) bond motifs is 2. The lowest BCUT2D eigenvalue weighted by Crippen LogP contribution is -2.03. The van der Waals surface area contributed by atoms with Gasteiger partial charge in [-0.2, -0.15) is 0 Å². The van der Waals surface area contributed by atoms with Gasteiger partial charge in [0.15, 0.2) is 11.6 Å². The molecule has 0 saturated heterocycles. The van der Waals surface area contributed by atoms with Gasteiger partial charge in [-0.15, -0.1) is 11.3 Å². The molecule has 3 aromatic carbocycles. The van der Waals surface area contributed by atoms with Crippen molar-refractivity contribution in [1.29, 1.82) is 0 Å². The van der Waals surface area contributed by atoms with Gasteiger partial charge in [0.25, 0.3) is 0 Å². The maximum Gasteiger partial charge on any atom is 0.198 e. The Balaban J connectivity index is 1.60. The van der Waals surface area contributed by atoms with Gasteiger partial charge in [0.1, 0.15) is 6.61 Å². The van der Waals surface area contributed by atoms with E-state index in [0.29, 0.717) is 16.9 Å². The Morgan fingerprint density at radius 1 is 0.808 bits per heavy atom. The first-order valence-electron chi connectivity index (χ1n) is 8.32. The molecule has 4 rings (SSSR count). The lowest BCUT2D eigenvalue weighted by Gasteiger charge is -2.04. The number of carbonyl (C=O) groups excluding carboxylic acids is 2. The summed E-state index contributed by atoms with van der Waals surface area (Å²) in [6.07, 6.45) is 0.313. The van der Waals surface area contributed by atoms with Gasteiger partial charge in [-0.05, 0) is 46.0 Å². The van der Waals surface area contributed by atoms with Crippen LogP contribution in [-0.2, 0) is 6.42 Å². The Labute approximate surface area is 154 Å². The fraction of sp³-hybridized carbons (Fsp3) is 0.0909. The van der Waals surface area contributed by atoms with Crippen molar-refractivity contribution < 1.29 is 14.7 Å². The number of benzene rings is 3. The van der Waals surface area contributed by atoms with Gasteiger partial charge < -0.3 is 5.11 Å². The summed E-state index contributed by atoms with van der Waals surface area (Å²) in [5, 5.41) is 12.1. The van der Waals surface area contributed by atoms with Crippen LogP contribution in [0.3, 0.4) is 0 Å². The molecule has 0 bridgehead atoms. The number of rotatable bonds is 5. The predicted molar refractivity (Wildman–Crippen MR) is 105 cm³/mol. The second-order valence-corrected chi connectivity index (χ2v) is 7.31. The lowest BCUT2D eigenvalue weighted by atomic mass is 9.99. The molecule has 0 aliphatic rings. The van der Waals surface area contributed by atoms with E-state index in [4.69, 9.17) is 5.11 Å². The van der Waals surface area contributed by atoms with E-state index in [1.807, 2.05) is 60.7 Å². The van der Waals surface area contributed by atoms with Gasteiger partial charge in [0.05, 0.1) is 4.88 Å². The molecular weight excluding hydrogens is 344 g/mol. The molecule has 3 nitrogen and oxygen atoms in total. The number of aliphatic hydroxyl groups excluding tert-OH is 1. The zero-order valence-electron chi connectivity index (χ0n) is 13.9. The van der Waals surface area contributed by atoms with Crippen LogP contribution in [0.15, 0.2) is 66.7 Å². The van der Waals surface area contributed by atoms with Crippen LogP contribution in [0.5, 0.6) is 0 Å². The zero-order chi connectivity index (χ0) is 18.1. The van der Waals surface area contributed by atoms with E-state index >= 15 is 0 Å². The lowest BCUT2D eigenvalue weighted by molar-refractivity contribution is 0.0907. The molecule has 1 heterocycles. The van der Waals surface area contributed by atoms with Crippen molar-refractivity contribution in [1.82, 2.24) is 0 Å². The largest absolute Gasteiger partial charge is 0.388 e. The van der Waals surface area contributed by atoms with E-state index in [2.05, 4.69) is 0 Å². The summed E-state index contributed by atoms with van der Waals surface area (Å²) in [5.41, 5.74) is 1.61. The Bertz CT molecular complexity index is 1140. The van der Waals surface area contributed by atoms with Gasteiger partial charge in [-0.3, -0.25) is 9.59 Å². The van der Waals surface area contributed by atoms with E-state index in [-0.39, 0.29) is 11.6 Å². The van der Waals surface area contributed by atoms with E-state index in [1.165, 1.54) is 11.3 Å². The summed E-state index contributed by atoms with van der Waals surface area (Å²) in [5.74, 6) is -0.211. The number of Topliss-reactive ketones (excluding diaryl/α,β-unsaturated/α-hetero) is 2. The van der Waals surface area contributed by atoms with Crippen molar-refractivity contribution in [3.05, 3.63) is 82.7 Å². The number of thiophene rings is 1. The molecule has 0 atom stereocenters. The molecule has 0 unspecified atom stereocenters. The van der Waals surface area contributed by atoms with Crippen LogP contribution in [0, 0.1) is 0 Å². The van der Waals surface area contributed by atoms with Crippen LogP contribution < -0.4 is 0 Å². The maximum absolute atomic E-state index is 12.7. The molecule has 0 spiro atoms. The number of hydrogen-bond donors (Lipinski definition) is 1. The van der Waals surface area contributed by atoms with Gasteiger partial charge in [-0.25, -0.2) is 0 Å². The van der Waals surface area contributed by atoms with E-state index in [1.54, 1.807) is 6.07 Å².